The van der Waals surface area contributed by atoms with Gasteiger partial charge in [-0.1, -0.05) is 38.1 Å². The van der Waals surface area contributed by atoms with Crippen molar-refractivity contribution in [3.8, 4) is 0 Å². The first kappa shape index (κ1) is 15.7. The van der Waals surface area contributed by atoms with Gasteiger partial charge in [0.05, 0.1) is 23.7 Å². The monoisotopic (exact) mass is 304 g/mol. The van der Waals surface area contributed by atoms with Crippen molar-refractivity contribution in [2.75, 3.05) is 0 Å². The maximum atomic E-state index is 12.0. The molecule has 0 radical (unpaired) electrons. The summed E-state index contributed by atoms with van der Waals surface area (Å²) in [7, 11) is 0. The zero-order valence-electron chi connectivity index (χ0n) is 12.3. The summed E-state index contributed by atoms with van der Waals surface area (Å²) in [4.78, 5) is 16.4. The largest absolute Gasteiger partial charge is 0.392 e. The van der Waals surface area contributed by atoms with Crippen LogP contribution in [0.4, 0.5) is 0 Å². The first-order valence-corrected chi connectivity index (χ1v) is 7.86. The summed E-state index contributed by atoms with van der Waals surface area (Å²) >= 11 is 1.60. The maximum Gasteiger partial charge on any atom is 0.226 e. The third kappa shape index (κ3) is 4.37. The third-order valence-corrected chi connectivity index (χ3v) is 4.36. The van der Waals surface area contributed by atoms with Gasteiger partial charge in [-0.15, -0.1) is 11.3 Å². The fraction of sp³-hybridized carbons (Fsp3) is 0.375. The van der Waals surface area contributed by atoms with Crippen LogP contribution < -0.4 is 5.32 Å². The molecule has 2 aromatic rings. The average Bonchev–Trinajstić information content (AvgIpc) is 2.94. The number of carbonyl (C=O) groups excluding carboxylic acids is 1. The molecule has 0 fully saturated rings. The minimum atomic E-state index is -0.0525. The summed E-state index contributed by atoms with van der Waals surface area (Å²) in [5.41, 5.74) is 2.60. The predicted molar refractivity (Wildman–Crippen MR) is 84.1 cm³/mol. The highest BCUT2D eigenvalue weighted by Crippen LogP contribution is 2.19. The molecular formula is C16H20N2O2S. The molecule has 2 rings (SSSR count). The summed E-state index contributed by atoms with van der Waals surface area (Å²) in [5, 5.41) is 15.1. The van der Waals surface area contributed by atoms with Gasteiger partial charge in [0, 0.05) is 17.8 Å². The van der Waals surface area contributed by atoms with Crippen molar-refractivity contribution in [1.29, 1.82) is 0 Å². The van der Waals surface area contributed by atoms with Crippen molar-refractivity contribution in [2.45, 2.75) is 39.3 Å². The lowest BCUT2D eigenvalue weighted by molar-refractivity contribution is -0.120. The Kier molecular flexibility index (Phi) is 5.47. The molecule has 2 N–H and O–H groups in total. The smallest absolute Gasteiger partial charge is 0.226 e. The molecule has 1 aromatic heterocycles. The number of rotatable bonds is 6. The summed E-state index contributed by atoms with van der Waals surface area (Å²) < 4.78 is 0. The van der Waals surface area contributed by atoms with Crippen molar-refractivity contribution in [3.63, 3.8) is 0 Å². The fourth-order valence-corrected chi connectivity index (χ4v) is 2.81. The molecule has 0 aliphatic heterocycles. The molecule has 0 unspecified atom stereocenters. The summed E-state index contributed by atoms with van der Waals surface area (Å²) in [5.74, 6) is 0.339. The zero-order valence-corrected chi connectivity index (χ0v) is 13.1. The van der Waals surface area contributed by atoms with Gasteiger partial charge in [0.15, 0.2) is 0 Å². The Morgan fingerprint density at radius 1 is 1.33 bits per heavy atom. The second kappa shape index (κ2) is 7.33. The number of nitrogens with one attached hydrogen (secondary N) is 1. The van der Waals surface area contributed by atoms with Crippen LogP contribution in [-0.4, -0.2) is 16.0 Å². The number of thiazole rings is 1. The van der Waals surface area contributed by atoms with Crippen molar-refractivity contribution in [1.82, 2.24) is 10.3 Å². The fourth-order valence-electron chi connectivity index (χ4n) is 1.97. The van der Waals surface area contributed by atoms with Crippen LogP contribution in [0.25, 0.3) is 0 Å². The van der Waals surface area contributed by atoms with E-state index >= 15 is 0 Å². The van der Waals surface area contributed by atoms with Gasteiger partial charge < -0.3 is 10.4 Å². The normalized spacial score (nSPS) is 10.9. The van der Waals surface area contributed by atoms with Gasteiger partial charge >= 0.3 is 0 Å². The van der Waals surface area contributed by atoms with Crippen molar-refractivity contribution in [3.05, 3.63) is 51.5 Å². The number of aliphatic hydroxyl groups excluding tert-OH is 1. The van der Waals surface area contributed by atoms with Gasteiger partial charge in [0.2, 0.25) is 5.91 Å². The average molecular weight is 304 g/mol. The number of carbonyl (C=O) groups is 1. The van der Waals surface area contributed by atoms with Crippen LogP contribution in [0, 0.1) is 0 Å². The molecule has 1 amide bonds. The number of nitrogens with zero attached hydrogens (tertiary/aromatic N) is 1. The van der Waals surface area contributed by atoms with Gasteiger partial charge in [-0.25, -0.2) is 4.98 Å². The summed E-state index contributed by atoms with van der Waals surface area (Å²) in [6.07, 6.45) is 0.296. The number of aliphatic hydroxyl groups is 1. The summed E-state index contributed by atoms with van der Waals surface area (Å²) in [6, 6.07) is 7.54. The molecule has 0 spiro atoms. The van der Waals surface area contributed by atoms with Crippen LogP contribution in [-0.2, 0) is 24.4 Å². The van der Waals surface area contributed by atoms with Crippen molar-refractivity contribution in [2.24, 2.45) is 0 Å². The number of aromatic nitrogens is 1. The number of hydrogen-bond acceptors (Lipinski definition) is 4. The van der Waals surface area contributed by atoms with Crippen LogP contribution in [0.5, 0.6) is 0 Å². The lowest BCUT2D eigenvalue weighted by Gasteiger charge is -2.08. The minimum absolute atomic E-state index is 0.0180. The molecule has 1 aromatic carbocycles. The topological polar surface area (TPSA) is 62.2 Å². The molecule has 0 aliphatic carbocycles. The Morgan fingerprint density at radius 3 is 2.67 bits per heavy atom. The highest BCUT2D eigenvalue weighted by molar-refractivity contribution is 7.09. The second-order valence-electron chi connectivity index (χ2n) is 5.21. The minimum Gasteiger partial charge on any atom is -0.392 e. The van der Waals surface area contributed by atoms with Crippen LogP contribution in [0.2, 0.25) is 0 Å². The van der Waals surface area contributed by atoms with E-state index in [1.807, 2.05) is 29.6 Å². The second-order valence-corrected chi connectivity index (χ2v) is 6.10. The molecule has 0 atom stereocenters. The van der Waals surface area contributed by atoms with Gasteiger partial charge in [-0.2, -0.15) is 0 Å². The first-order valence-electron chi connectivity index (χ1n) is 6.98. The van der Waals surface area contributed by atoms with Gasteiger partial charge in [-0.3, -0.25) is 4.79 Å². The lowest BCUT2D eigenvalue weighted by atomic mass is 10.1. The number of amides is 1. The van der Waals surface area contributed by atoms with Crippen molar-refractivity contribution >= 4 is 17.2 Å². The SMILES string of the molecule is CC(C)c1nc(CC(=O)NCc2ccccc2CO)cs1. The molecule has 112 valence electrons. The number of hydrogen-bond donors (Lipinski definition) is 2. The van der Waals surface area contributed by atoms with Gasteiger partial charge in [0.25, 0.3) is 0 Å². The third-order valence-electron chi connectivity index (χ3n) is 3.17. The van der Waals surface area contributed by atoms with Gasteiger partial charge in [0.1, 0.15) is 0 Å². The Labute approximate surface area is 128 Å². The van der Waals surface area contributed by atoms with E-state index in [-0.39, 0.29) is 12.5 Å². The summed E-state index contributed by atoms with van der Waals surface area (Å²) in [6.45, 7) is 4.59. The Balaban J connectivity index is 1.89. The molecule has 0 saturated heterocycles. The van der Waals surface area contributed by atoms with E-state index in [2.05, 4.69) is 24.1 Å². The van der Waals surface area contributed by atoms with Crippen LogP contribution >= 0.6 is 11.3 Å². The van der Waals surface area contributed by atoms with E-state index < -0.39 is 0 Å². The molecule has 0 saturated carbocycles. The molecule has 1 heterocycles. The van der Waals surface area contributed by atoms with E-state index in [0.29, 0.717) is 18.9 Å². The van der Waals surface area contributed by atoms with Gasteiger partial charge in [-0.05, 0) is 11.1 Å². The van der Waals surface area contributed by atoms with Crippen LogP contribution in [0.1, 0.15) is 41.6 Å². The predicted octanol–water partition coefficient (Wildman–Crippen LogP) is 2.62. The molecular weight excluding hydrogens is 284 g/mol. The lowest BCUT2D eigenvalue weighted by Crippen LogP contribution is -2.25. The first-order chi connectivity index (χ1) is 10.1. The maximum absolute atomic E-state index is 12.0. The van der Waals surface area contributed by atoms with E-state index in [1.165, 1.54) is 0 Å². The van der Waals surface area contributed by atoms with E-state index in [4.69, 9.17) is 0 Å². The van der Waals surface area contributed by atoms with E-state index in [9.17, 15) is 9.90 Å². The zero-order chi connectivity index (χ0) is 15.2. The standard InChI is InChI=1S/C16H20N2O2S/c1-11(2)16-18-14(10-21-16)7-15(20)17-8-12-5-3-4-6-13(12)9-19/h3-6,10-11,19H,7-9H2,1-2H3,(H,17,20). The molecule has 0 bridgehead atoms. The Hall–Kier alpha value is -1.72. The number of benzene rings is 1. The Bertz CT molecular complexity index is 608. The molecule has 4 nitrogen and oxygen atoms in total. The van der Waals surface area contributed by atoms with E-state index in [1.54, 1.807) is 11.3 Å². The quantitative estimate of drug-likeness (QED) is 0.862. The van der Waals surface area contributed by atoms with Crippen LogP contribution in [0.15, 0.2) is 29.6 Å². The van der Waals surface area contributed by atoms with Crippen LogP contribution in [0.3, 0.4) is 0 Å². The van der Waals surface area contributed by atoms with Crippen molar-refractivity contribution < 1.29 is 9.90 Å². The van der Waals surface area contributed by atoms with E-state index in [0.717, 1.165) is 21.8 Å². The molecule has 21 heavy (non-hydrogen) atoms. The highest BCUT2D eigenvalue weighted by atomic mass is 32.1. The highest BCUT2D eigenvalue weighted by Gasteiger charge is 2.10. The Morgan fingerprint density at radius 2 is 2.05 bits per heavy atom. The molecule has 0 aliphatic rings. The molecule has 5 heteroatoms.